The van der Waals surface area contributed by atoms with Gasteiger partial charge in [-0.2, -0.15) is 0 Å². The van der Waals surface area contributed by atoms with Crippen LogP contribution in [-0.2, 0) is 22.6 Å². The molecule has 2 aromatic carbocycles. The van der Waals surface area contributed by atoms with E-state index in [2.05, 4.69) is 19.1 Å². The fourth-order valence-corrected chi connectivity index (χ4v) is 5.89. The molecule has 3 amide bonds. The summed E-state index contributed by atoms with van der Waals surface area (Å²) in [6.45, 7) is 10.7. The monoisotopic (exact) mass is 576 g/mol. The van der Waals surface area contributed by atoms with E-state index in [1.165, 1.54) is 0 Å². The fourth-order valence-electron chi connectivity index (χ4n) is 5.89. The van der Waals surface area contributed by atoms with Gasteiger partial charge in [-0.25, -0.2) is 4.79 Å². The highest BCUT2D eigenvalue weighted by Gasteiger charge is 2.31. The summed E-state index contributed by atoms with van der Waals surface area (Å²) in [6, 6.07) is 13.9. The van der Waals surface area contributed by atoms with Gasteiger partial charge in [-0.05, 0) is 56.5 Å². The van der Waals surface area contributed by atoms with E-state index < -0.39 is 0 Å². The lowest BCUT2D eigenvalue weighted by Crippen LogP contribution is -2.51. The van der Waals surface area contributed by atoms with Crippen molar-refractivity contribution in [2.45, 2.75) is 65.1 Å². The molecule has 0 bridgehead atoms. The summed E-state index contributed by atoms with van der Waals surface area (Å²) in [4.78, 5) is 32.5. The molecule has 3 heterocycles. The van der Waals surface area contributed by atoms with Crippen molar-refractivity contribution in [1.29, 1.82) is 0 Å². The first-order chi connectivity index (χ1) is 20.3. The van der Waals surface area contributed by atoms with Gasteiger partial charge in [0, 0.05) is 61.6 Å². The lowest BCUT2D eigenvalue weighted by atomic mass is 10.1. The molecule has 0 spiro atoms. The van der Waals surface area contributed by atoms with E-state index in [1.54, 1.807) is 7.11 Å². The van der Waals surface area contributed by atoms with Crippen LogP contribution >= 0.6 is 0 Å². The van der Waals surface area contributed by atoms with Gasteiger partial charge in [-0.3, -0.25) is 9.69 Å². The minimum Gasteiger partial charge on any atom is -0.493 e. The highest BCUT2D eigenvalue weighted by molar-refractivity contribution is 5.93. The van der Waals surface area contributed by atoms with Gasteiger partial charge in [-0.1, -0.05) is 31.9 Å². The Balaban J connectivity index is 1.29. The molecule has 0 radical (unpaired) electrons. The van der Waals surface area contributed by atoms with Crippen LogP contribution in [0.5, 0.6) is 11.5 Å². The number of carbonyl (C=O) groups excluding carboxylic acids is 2. The second kappa shape index (κ2) is 13.1. The molecule has 0 unspecified atom stereocenters. The molecule has 2 fully saturated rings. The number of amides is 3. The summed E-state index contributed by atoms with van der Waals surface area (Å²) in [7, 11) is 1.63. The average Bonchev–Trinajstić information content (AvgIpc) is 3.39. The van der Waals surface area contributed by atoms with Crippen molar-refractivity contribution in [1.82, 2.24) is 14.4 Å². The van der Waals surface area contributed by atoms with Gasteiger partial charge in [0.25, 0.3) is 0 Å². The maximum atomic E-state index is 13.7. The van der Waals surface area contributed by atoms with Crippen LogP contribution in [0, 0.1) is 0 Å². The normalized spacial score (nSPS) is 17.1. The maximum Gasteiger partial charge on any atom is 0.324 e. The molecule has 9 nitrogen and oxygen atoms in total. The van der Waals surface area contributed by atoms with Crippen molar-refractivity contribution < 1.29 is 23.8 Å². The zero-order valence-corrected chi connectivity index (χ0v) is 25.4. The number of aromatic nitrogens is 1. The number of hydrogen-bond donors (Lipinski definition) is 0. The standard InChI is InChI=1S/C33H44N4O5/c1-5-6-7-19-41-30-21-26(12-13-29(30)40-4)37-16-9-15-35(32(37)39)22-25-10-8-11-28-27(25)14-17-34(28)23-31(38)36-18-20-42-33(2,3)24-36/h8,10-14,17,21H,5-7,9,15-16,18-20,22-24H2,1-4H3. The van der Waals surface area contributed by atoms with Gasteiger partial charge in [0.05, 0.1) is 25.9 Å². The van der Waals surface area contributed by atoms with E-state index in [9.17, 15) is 9.59 Å². The third-order valence-electron chi connectivity index (χ3n) is 8.12. The first-order valence-electron chi connectivity index (χ1n) is 15.2. The third kappa shape index (κ3) is 6.67. The predicted molar refractivity (Wildman–Crippen MR) is 164 cm³/mol. The molecule has 5 rings (SSSR count). The van der Waals surface area contributed by atoms with Crippen molar-refractivity contribution in [2.24, 2.45) is 0 Å². The lowest BCUT2D eigenvalue weighted by molar-refractivity contribution is -0.146. The number of methoxy groups -OCH3 is 1. The second-order valence-electron chi connectivity index (χ2n) is 11.8. The summed E-state index contributed by atoms with van der Waals surface area (Å²) in [6.07, 6.45) is 6.06. The molecule has 1 aromatic heterocycles. The summed E-state index contributed by atoms with van der Waals surface area (Å²) < 4.78 is 19.3. The van der Waals surface area contributed by atoms with Crippen LogP contribution in [0.15, 0.2) is 48.7 Å². The Morgan fingerprint density at radius 2 is 1.90 bits per heavy atom. The predicted octanol–water partition coefficient (Wildman–Crippen LogP) is 5.69. The van der Waals surface area contributed by atoms with E-state index in [0.717, 1.165) is 47.8 Å². The largest absolute Gasteiger partial charge is 0.493 e. The van der Waals surface area contributed by atoms with Crippen molar-refractivity contribution in [3.05, 3.63) is 54.2 Å². The molecule has 226 valence electrons. The Hall–Kier alpha value is -3.72. The number of ether oxygens (including phenoxy) is 3. The molecule has 0 aliphatic carbocycles. The van der Waals surface area contributed by atoms with Crippen LogP contribution in [0.1, 0.15) is 52.0 Å². The molecule has 0 N–H and O–H groups in total. The second-order valence-corrected chi connectivity index (χ2v) is 11.8. The number of morpholine rings is 1. The Morgan fingerprint density at radius 1 is 1.05 bits per heavy atom. The van der Waals surface area contributed by atoms with Crippen LogP contribution < -0.4 is 14.4 Å². The zero-order valence-electron chi connectivity index (χ0n) is 25.4. The van der Waals surface area contributed by atoms with E-state index in [-0.39, 0.29) is 24.1 Å². The van der Waals surface area contributed by atoms with Crippen LogP contribution in [0.3, 0.4) is 0 Å². The van der Waals surface area contributed by atoms with E-state index in [4.69, 9.17) is 14.2 Å². The van der Waals surface area contributed by atoms with Crippen LogP contribution in [-0.4, -0.2) is 78.4 Å². The number of urea groups is 1. The number of unbranched alkanes of at least 4 members (excludes halogenated alkanes) is 2. The molecule has 3 aromatic rings. The SMILES string of the molecule is CCCCCOc1cc(N2CCCN(Cc3cccc4c3ccn4CC(=O)N3CCOC(C)(C)C3)C2=O)ccc1OC. The van der Waals surface area contributed by atoms with Crippen LogP contribution in [0.25, 0.3) is 10.9 Å². The topological polar surface area (TPSA) is 76.5 Å². The number of fused-ring (bicyclic) bond motifs is 1. The number of anilines is 1. The summed E-state index contributed by atoms with van der Waals surface area (Å²) >= 11 is 0. The van der Waals surface area contributed by atoms with Gasteiger partial charge in [0.15, 0.2) is 11.5 Å². The highest BCUT2D eigenvalue weighted by Crippen LogP contribution is 2.34. The Labute approximate surface area is 248 Å². The summed E-state index contributed by atoms with van der Waals surface area (Å²) in [5, 5.41) is 1.06. The molecular weight excluding hydrogens is 532 g/mol. The first-order valence-corrected chi connectivity index (χ1v) is 15.2. The third-order valence-corrected chi connectivity index (χ3v) is 8.12. The molecule has 2 aliphatic rings. The molecular formula is C33H44N4O5. The van der Waals surface area contributed by atoms with E-state index in [0.29, 0.717) is 57.4 Å². The number of carbonyl (C=O) groups is 2. The molecule has 2 aliphatic heterocycles. The van der Waals surface area contributed by atoms with Crippen LogP contribution in [0.2, 0.25) is 0 Å². The summed E-state index contributed by atoms with van der Waals surface area (Å²) in [5.41, 5.74) is 2.54. The molecule has 42 heavy (non-hydrogen) atoms. The number of benzene rings is 2. The van der Waals surface area contributed by atoms with Crippen molar-refractivity contribution in [2.75, 3.05) is 51.4 Å². The van der Waals surface area contributed by atoms with Gasteiger partial charge >= 0.3 is 6.03 Å². The molecule has 0 atom stereocenters. The van der Waals surface area contributed by atoms with Crippen molar-refractivity contribution >= 4 is 28.5 Å². The van der Waals surface area contributed by atoms with Crippen molar-refractivity contribution in [3.8, 4) is 11.5 Å². The minimum atomic E-state index is -0.330. The van der Waals surface area contributed by atoms with Crippen molar-refractivity contribution in [3.63, 3.8) is 0 Å². The summed E-state index contributed by atoms with van der Waals surface area (Å²) in [5.74, 6) is 1.42. The van der Waals surface area contributed by atoms with Gasteiger partial charge in [0.1, 0.15) is 6.54 Å². The minimum absolute atomic E-state index is 0.0232. The molecule has 9 heteroatoms. The Bertz CT molecular complexity index is 1400. The van der Waals surface area contributed by atoms with E-state index >= 15 is 0 Å². The zero-order chi connectivity index (χ0) is 29.7. The van der Waals surface area contributed by atoms with Gasteiger partial charge < -0.3 is 28.6 Å². The van der Waals surface area contributed by atoms with Gasteiger partial charge in [0.2, 0.25) is 5.91 Å². The first kappa shape index (κ1) is 29.8. The Morgan fingerprint density at radius 3 is 2.69 bits per heavy atom. The smallest absolute Gasteiger partial charge is 0.324 e. The number of rotatable bonds is 11. The quantitative estimate of drug-likeness (QED) is 0.274. The van der Waals surface area contributed by atoms with Gasteiger partial charge in [-0.15, -0.1) is 0 Å². The Kier molecular flexibility index (Phi) is 9.26. The fraction of sp³-hybridized carbons (Fsp3) is 0.515. The van der Waals surface area contributed by atoms with Crippen LogP contribution in [0.4, 0.5) is 10.5 Å². The lowest BCUT2D eigenvalue weighted by Gasteiger charge is -2.38. The molecule has 0 saturated carbocycles. The number of hydrogen-bond acceptors (Lipinski definition) is 5. The molecule has 2 saturated heterocycles. The van der Waals surface area contributed by atoms with E-state index in [1.807, 2.05) is 69.6 Å². The highest BCUT2D eigenvalue weighted by atomic mass is 16.5. The number of nitrogens with zero attached hydrogens (tertiary/aromatic N) is 4. The average molecular weight is 577 g/mol. The maximum absolute atomic E-state index is 13.7.